The van der Waals surface area contributed by atoms with Gasteiger partial charge in [-0.15, -0.1) is 0 Å². The van der Waals surface area contributed by atoms with Gasteiger partial charge in [-0.2, -0.15) is 22.0 Å². The van der Waals surface area contributed by atoms with Gasteiger partial charge in [-0.1, -0.05) is 0 Å². The molecular formula is C10H15F5N2O2. The Bertz CT molecular complexity index is 360. The first-order valence-corrected chi connectivity index (χ1v) is 5.19. The van der Waals surface area contributed by atoms with E-state index in [4.69, 9.17) is 0 Å². The van der Waals surface area contributed by atoms with Crippen molar-refractivity contribution in [2.75, 3.05) is 13.6 Å². The van der Waals surface area contributed by atoms with Gasteiger partial charge < -0.3 is 10.2 Å². The Kier molecular flexibility index (Phi) is 4.90. The van der Waals surface area contributed by atoms with Gasteiger partial charge in [0, 0.05) is 12.6 Å². The van der Waals surface area contributed by atoms with Crippen molar-refractivity contribution < 1.29 is 31.5 Å². The van der Waals surface area contributed by atoms with Gasteiger partial charge in [0.05, 0.1) is 6.54 Å². The van der Waals surface area contributed by atoms with Gasteiger partial charge in [-0.3, -0.25) is 9.59 Å². The number of carbonyl (C=O) groups is 2. The lowest BCUT2D eigenvalue weighted by atomic mass is 10.1. The van der Waals surface area contributed by atoms with Crippen molar-refractivity contribution in [3.63, 3.8) is 0 Å². The Morgan fingerprint density at radius 1 is 1.05 bits per heavy atom. The van der Waals surface area contributed by atoms with E-state index in [0.29, 0.717) is 7.05 Å². The number of likely N-dealkylation sites (N-methyl/N-ethyl adjacent to an activating group) is 1. The summed E-state index contributed by atoms with van der Waals surface area (Å²) in [5, 5.41) is 2.34. The fraction of sp³-hybridized carbons (Fsp3) is 0.800. The van der Waals surface area contributed by atoms with E-state index < -0.39 is 36.0 Å². The predicted molar refractivity (Wildman–Crippen MR) is 56.5 cm³/mol. The molecular weight excluding hydrogens is 275 g/mol. The Balaban J connectivity index is 4.73. The molecule has 0 aromatic rings. The number of nitrogens with one attached hydrogen (secondary N) is 1. The molecule has 0 saturated heterocycles. The quantitative estimate of drug-likeness (QED) is 0.802. The molecule has 0 aliphatic carbocycles. The van der Waals surface area contributed by atoms with E-state index in [-0.39, 0.29) is 4.90 Å². The first-order valence-electron chi connectivity index (χ1n) is 5.19. The molecule has 2 amide bonds. The average Bonchev–Trinajstić information content (AvgIpc) is 2.10. The highest BCUT2D eigenvalue weighted by Gasteiger charge is 2.64. The van der Waals surface area contributed by atoms with Crippen LogP contribution in [0, 0.1) is 0 Å². The lowest BCUT2D eigenvalue weighted by molar-refractivity contribution is -0.273. The van der Waals surface area contributed by atoms with Crippen LogP contribution in [0.4, 0.5) is 22.0 Å². The first-order chi connectivity index (χ1) is 8.18. The summed E-state index contributed by atoms with van der Waals surface area (Å²) in [4.78, 5) is 22.3. The number of halogens is 5. The molecule has 19 heavy (non-hydrogen) atoms. The Morgan fingerprint density at radius 2 is 1.47 bits per heavy atom. The molecule has 112 valence electrons. The molecule has 9 heteroatoms. The molecule has 0 rings (SSSR count). The second kappa shape index (κ2) is 5.30. The van der Waals surface area contributed by atoms with Crippen LogP contribution in [0.3, 0.4) is 0 Å². The van der Waals surface area contributed by atoms with Crippen molar-refractivity contribution in [2.45, 2.75) is 38.4 Å². The third-order valence-electron chi connectivity index (χ3n) is 1.87. The minimum Gasteiger partial charge on any atom is -0.350 e. The lowest BCUT2D eigenvalue weighted by Crippen LogP contribution is -2.54. The zero-order valence-electron chi connectivity index (χ0n) is 10.9. The number of carbonyl (C=O) groups excluding carboxylic acids is 2. The van der Waals surface area contributed by atoms with Crippen LogP contribution in [0.1, 0.15) is 20.8 Å². The van der Waals surface area contributed by atoms with Gasteiger partial charge in [0.1, 0.15) is 0 Å². The predicted octanol–water partition coefficient (Wildman–Crippen LogP) is 1.56. The minimum absolute atomic E-state index is 0.0363. The molecule has 0 saturated carbocycles. The van der Waals surface area contributed by atoms with E-state index in [0.717, 1.165) is 0 Å². The number of amides is 2. The molecule has 0 aromatic carbocycles. The van der Waals surface area contributed by atoms with Gasteiger partial charge in [0.15, 0.2) is 0 Å². The monoisotopic (exact) mass is 290 g/mol. The van der Waals surface area contributed by atoms with E-state index in [2.05, 4.69) is 5.32 Å². The number of hydrogen-bond acceptors (Lipinski definition) is 2. The Morgan fingerprint density at radius 3 is 1.79 bits per heavy atom. The number of nitrogens with zero attached hydrogens (tertiary/aromatic N) is 1. The van der Waals surface area contributed by atoms with Crippen LogP contribution >= 0.6 is 0 Å². The number of alkyl halides is 5. The maximum Gasteiger partial charge on any atom is 0.463 e. The zero-order valence-corrected chi connectivity index (χ0v) is 10.9. The summed E-state index contributed by atoms with van der Waals surface area (Å²) >= 11 is 0. The van der Waals surface area contributed by atoms with Gasteiger partial charge >= 0.3 is 18.0 Å². The van der Waals surface area contributed by atoms with Crippen molar-refractivity contribution in [2.24, 2.45) is 0 Å². The SMILES string of the molecule is CN(CC(=O)NC(C)(C)C)C(=O)C(F)(F)C(F)(F)F. The van der Waals surface area contributed by atoms with Crippen LogP contribution in [0.2, 0.25) is 0 Å². The summed E-state index contributed by atoms with van der Waals surface area (Å²) in [6, 6.07) is 0. The fourth-order valence-electron chi connectivity index (χ4n) is 1.11. The van der Waals surface area contributed by atoms with Crippen molar-refractivity contribution in [1.29, 1.82) is 0 Å². The highest BCUT2D eigenvalue weighted by Crippen LogP contribution is 2.36. The van der Waals surface area contributed by atoms with Crippen LogP contribution in [0.25, 0.3) is 0 Å². The molecule has 0 aliphatic rings. The van der Waals surface area contributed by atoms with Crippen LogP contribution in [0.15, 0.2) is 0 Å². The van der Waals surface area contributed by atoms with E-state index >= 15 is 0 Å². The summed E-state index contributed by atoms with van der Waals surface area (Å²) < 4.78 is 61.3. The third kappa shape index (κ3) is 4.99. The van der Waals surface area contributed by atoms with Crippen molar-refractivity contribution >= 4 is 11.8 Å². The molecule has 0 aromatic heterocycles. The maximum atomic E-state index is 12.7. The van der Waals surface area contributed by atoms with Gasteiger partial charge in [0.2, 0.25) is 5.91 Å². The van der Waals surface area contributed by atoms with Crippen LogP contribution in [-0.4, -0.2) is 47.9 Å². The van der Waals surface area contributed by atoms with E-state index in [1.165, 1.54) is 0 Å². The summed E-state index contributed by atoms with van der Waals surface area (Å²) in [6.45, 7) is 3.90. The molecule has 0 unspecified atom stereocenters. The first kappa shape index (κ1) is 17.6. The normalized spacial score (nSPS) is 13.1. The maximum absolute atomic E-state index is 12.7. The number of hydrogen-bond donors (Lipinski definition) is 1. The molecule has 0 bridgehead atoms. The van der Waals surface area contributed by atoms with Gasteiger partial charge in [-0.05, 0) is 20.8 Å². The molecule has 0 atom stereocenters. The standard InChI is InChI=1S/C10H15F5N2O2/c1-8(2,3)16-6(18)5-17(4)7(19)9(11,12)10(13,14)15/h5H2,1-4H3,(H,16,18). The Hall–Kier alpha value is -1.41. The fourth-order valence-corrected chi connectivity index (χ4v) is 1.11. The summed E-state index contributed by atoms with van der Waals surface area (Å²) in [5.74, 6) is -8.81. The molecule has 0 fully saturated rings. The van der Waals surface area contributed by atoms with E-state index in [9.17, 15) is 31.5 Å². The second-order valence-corrected chi connectivity index (χ2v) is 5.03. The smallest absolute Gasteiger partial charge is 0.350 e. The molecule has 0 aliphatic heterocycles. The highest BCUT2D eigenvalue weighted by molar-refractivity contribution is 5.89. The van der Waals surface area contributed by atoms with Gasteiger partial charge in [-0.25, -0.2) is 0 Å². The van der Waals surface area contributed by atoms with Crippen LogP contribution < -0.4 is 5.32 Å². The topological polar surface area (TPSA) is 49.4 Å². The van der Waals surface area contributed by atoms with Gasteiger partial charge in [0.25, 0.3) is 0 Å². The largest absolute Gasteiger partial charge is 0.463 e. The summed E-state index contributed by atoms with van der Waals surface area (Å²) in [7, 11) is 0.699. The lowest BCUT2D eigenvalue weighted by Gasteiger charge is -2.26. The second-order valence-electron chi connectivity index (χ2n) is 5.03. The minimum atomic E-state index is -5.99. The average molecular weight is 290 g/mol. The zero-order chi connectivity index (χ0) is 15.6. The van der Waals surface area contributed by atoms with E-state index in [1.54, 1.807) is 20.8 Å². The summed E-state index contributed by atoms with van der Waals surface area (Å²) in [5.41, 5.74) is -0.687. The number of rotatable bonds is 3. The molecule has 0 radical (unpaired) electrons. The Labute approximate surface area is 106 Å². The molecule has 4 nitrogen and oxygen atoms in total. The van der Waals surface area contributed by atoms with Crippen LogP contribution in [0.5, 0.6) is 0 Å². The van der Waals surface area contributed by atoms with Crippen molar-refractivity contribution in [1.82, 2.24) is 10.2 Å². The third-order valence-corrected chi connectivity index (χ3v) is 1.87. The highest BCUT2D eigenvalue weighted by atomic mass is 19.4. The summed E-state index contributed by atoms with van der Waals surface area (Å²) in [6.07, 6.45) is -5.99. The molecule has 0 spiro atoms. The van der Waals surface area contributed by atoms with Crippen LogP contribution in [-0.2, 0) is 9.59 Å². The van der Waals surface area contributed by atoms with Crippen molar-refractivity contribution in [3.8, 4) is 0 Å². The van der Waals surface area contributed by atoms with E-state index in [1.807, 2.05) is 0 Å². The molecule has 0 heterocycles. The van der Waals surface area contributed by atoms with Crippen molar-refractivity contribution in [3.05, 3.63) is 0 Å². The molecule has 1 N–H and O–H groups in total.